The third-order valence-corrected chi connectivity index (χ3v) is 3.69. The van der Waals surface area contributed by atoms with Crippen molar-refractivity contribution in [1.82, 2.24) is 4.90 Å². The van der Waals surface area contributed by atoms with Gasteiger partial charge in [0.2, 0.25) is 0 Å². The van der Waals surface area contributed by atoms with Gasteiger partial charge in [0.05, 0.1) is 12.1 Å². The van der Waals surface area contributed by atoms with Crippen molar-refractivity contribution in [3.8, 4) is 0 Å². The second-order valence-electron chi connectivity index (χ2n) is 5.84. The summed E-state index contributed by atoms with van der Waals surface area (Å²) in [5.74, 6) is -2.61. The molecule has 1 aliphatic rings. The Morgan fingerprint density at radius 1 is 1.21 bits per heavy atom. The molecule has 0 bridgehead atoms. The molecule has 1 aliphatic heterocycles. The average Bonchev–Trinajstić information content (AvgIpc) is 2.34. The highest BCUT2D eigenvalue weighted by molar-refractivity contribution is 7.87. The van der Waals surface area contributed by atoms with Gasteiger partial charge >= 0.3 is 27.7 Å². The van der Waals surface area contributed by atoms with E-state index in [1.807, 2.05) is 0 Å². The van der Waals surface area contributed by atoms with Crippen LogP contribution in [0.2, 0.25) is 0 Å². The van der Waals surface area contributed by atoms with E-state index in [2.05, 4.69) is 4.18 Å². The van der Waals surface area contributed by atoms with E-state index in [1.165, 1.54) is 0 Å². The monoisotopic (exact) mass is 375 g/mol. The molecule has 138 valence electrons. The van der Waals surface area contributed by atoms with E-state index in [1.54, 1.807) is 20.8 Å². The highest BCUT2D eigenvalue weighted by Crippen LogP contribution is 2.30. The number of hydrogen-bond donors (Lipinski definition) is 1. The zero-order valence-corrected chi connectivity index (χ0v) is 13.8. The van der Waals surface area contributed by atoms with Crippen LogP contribution in [0.3, 0.4) is 0 Å². The molecule has 0 aromatic carbocycles. The minimum absolute atomic E-state index is 0.171. The van der Waals surface area contributed by atoms with Crippen molar-refractivity contribution in [3.05, 3.63) is 11.3 Å². The summed E-state index contributed by atoms with van der Waals surface area (Å²) < 4.78 is 68.3. The van der Waals surface area contributed by atoms with Crippen molar-refractivity contribution in [2.45, 2.75) is 38.3 Å². The lowest BCUT2D eigenvalue weighted by Crippen LogP contribution is -2.42. The lowest BCUT2D eigenvalue weighted by Gasteiger charge is -2.31. The molecular formula is C12H16F3NO7S. The first-order valence-corrected chi connectivity index (χ1v) is 7.99. The van der Waals surface area contributed by atoms with Gasteiger partial charge in [-0.3, -0.25) is 0 Å². The van der Waals surface area contributed by atoms with Crippen LogP contribution < -0.4 is 0 Å². The molecule has 0 aromatic heterocycles. The number of carbonyl (C=O) groups excluding carboxylic acids is 1. The summed E-state index contributed by atoms with van der Waals surface area (Å²) >= 11 is 0. The fourth-order valence-corrected chi connectivity index (χ4v) is 2.21. The SMILES string of the molecule is CC(C)(C)OC(=O)N1CCC(C(=O)O)=C(OS(=O)(=O)C(F)(F)F)C1. The lowest BCUT2D eigenvalue weighted by molar-refractivity contribution is -0.133. The molecule has 0 aromatic rings. The molecule has 0 saturated carbocycles. The summed E-state index contributed by atoms with van der Waals surface area (Å²) in [5, 5.41) is 8.97. The smallest absolute Gasteiger partial charge is 0.478 e. The Kier molecular flexibility index (Phi) is 5.43. The van der Waals surface area contributed by atoms with E-state index in [0.717, 1.165) is 4.90 Å². The maximum atomic E-state index is 12.4. The van der Waals surface area contributed by atoms with E-state index in [0.29, 0.717) is 0 Å². The van der Waals surface area contributed by atoms with Crippen LogP contribution in [0.25, 0.3) is 0 Å². The number of alkyl halides is 3. The third-order valence-electron chi connectivity index (χ3n) is 2.71. The second kappa shape index (κ2) is 6.49. The van der Waals surface area contributed by atoms with Crippen LogP contribution in [-0.2, 0) is 23.8 Å². The fourth-order valence-electron chi connectivity index (χ4n) is 1.70. The van der Waals surface area contributed by atoms with Gasteiger partial charge in [0.25, 0.3) is 0 Å². The molecule has 8 nitrogen and oxygen atoms in total. The topological polar surface area (TPSA) is 110 Å². The Balaban J connectivity index is 3.08. The summed E-state index contributed by atoms with van der Waals surface area (Å²) in [6.07, 6.45) is -1.32. The first-order chi connectivity index (χ1) is 10.6. The van der Waals surface area contributed by atoms with Crippen molar-refractivity contribution < 1.29 is 45.2 Å². The van der Waals surface area contributed by atoms with Crippen LogP contribution >= 0.6 is 0 Å². The van der Waals surface area contributed by atoms with Crippen LogP contribution in [0, 0.1) is 0 Å². The van der Waals surface area contributed by atoms with Crippen molar-refractivity contribution in [2.75, 3.05) is 13.1 Å². The molecule has 0 atom stereocenters. The van der Waals surface area contributed by atoms with E-state index in [9.17, 15) is 31.2 Å². The number of amides is 1. The highest BCUT2D eigenvalue weighted by atomic mass is 32.2. The predicted octanol–water partition coefficient (Wildman–Crippen LogP) is 1.83. The van der Waals surface area contributed by atoms with Crippen molar-refractivity contribution in [2.24, 2.45) is 0 Å². The molecule has 12 heteroatoms. The number of halogens is 3. The molecule has 24 heavy (non-hydrogen) atoms. The first kappa shape index (κ1) is 20.1. The summed E-state index contributed by atoms with van der Waals surface area (Å²) in [7, 11) is -6.05. The normalized spacial score (nSPS) is 16.8. The Bertz CT molecular complexity index is 661. The van der Waals surface area contributed by atoms with Gasteiger partial charge in [0.1, 0.15) is 11.4 Å². The zero-order valence-electron chi connectivity index (χ0n) is 13.0. The number of hydrogen-bond acceptors (Lipinski definition) is 6. The standard InChI is InChI=1S/C12H16F3NO7S/c1-11(2,3)22-10(19)16-5-4-7(9(17)18)8(6-16)23-24(20,21)12(13,14)15/h4-6H2,1-3H3,(H,17,18). The Hall–Kier alpha value is -1.98. The fraction of sp³-hybridized carbons (Fsp3) is 0.667. The number of ether oxygens (including phenoxy) is 1. The number of nitrogens with zero attached hydrogens (tertiary/aromatic N) is 1. The molecule has 1 heterocycles. The largest absolute Gasteiger partial charge is 0.534 e. The van der Waals surface area contributed by atoms with E-state index in [4.69, 9.17) is 9.84 Å². The van der Waals surface area contributed by atoms with Crippen molar-refractivity contribution >= 4 is 22.2 Å². The minimum Gasteiger partial charge on any atom is -0.478 e. The molecule has 0 aliphatic carbocycles. The van der Waals surface area contributed by atoms with Gasteiger partial charge in [0.15, 0.2) is 0 Å². The summed E-state index contributed by atoms with van der Waals surface area (Å²) in [6.45, 7) is 3.72. The van der Waals surface area contributed by atoms with Crippen LogP contribution in [0.5, 0.6) is 0 Å². The minimum atomic E-state index is -6.05. The molecular weight excluding hydrogens is 359 g/mol. The van der Waals surface area contributed by atoms with Crippen LogP contribution in [0.15, 0.2) is 11.3 Å². The number of carboxylic acid groups (broad SMARTS) is 1. The lowest BCUT2D eigenvalue weighted by atomic mass is 10.1. The van der Waals surface area contributed by atoms with Gasteiger partial charge < -0.3 is 18.9 Å². The average molecular weight is 375 g/mol. The number of carboxylic acids is 1. The van der Waals surface area contributed by atoms with Crippen LogP contribution in [0.1, 0.15) is 27.2 Å². The molecule has 0 saturated heterocycles. The quantitative estimate of drug-likeness (QED) is 0.592. The predicted molar refractivity (Wildman–Crippen MR) is 73.1 cm³/mol. The van der Waals surface area contributed by atoms with Gasteiger partial charge in [-0.15, -0.1) is 0 Å². The van der Waals surface area contributed by atoms with Crippen molar-refractivity contribution in [3.63, 3.8) is 0 Å². The maximum absolute atomic E-state index is 12.4. The van der Waals surface area contributed by atoms with Gasteiger partial charge in [-0.1, -0.05) is 0 Å². The summed E-state index contributed by atoms with van der Waals surface area (Å²) in [4.78, 5) is 23.8. The molecule has 0 unspecified atom stereocenters. The van der Waals surface area contributed by atoms with Crippen molar-refractivity contribution in [1.29, 1.82) is 0 Å². The van der Waals surface area contributed by atoms with E-state index in [-0.39, 0.29) is 6.54 Å². The number of carbonyl (C=O) groups is 2. The van der Waals surface area contributed by atoms with Gasteiger partial charge in [-0.05, 0) is 20.8 Å². The van der Waals surface area contributed by atoms with Gasteiger partial charge in [-0.2, -0.15) is 21.6 Å². The molecule has 1 rings (SSSR count). The second-order valence-corrected chi connectivity index (χ2v) is 7.38. The summed E-state index contributed by atoms with van der Waals surface area (Å²) in [5.41, 5.74) is -7.27. The van der Waals surface area contributed by atoms with Gasteiger partial charge in [-0.25, -0.2) is 9.59 Å². The number of rotatable bonds is 3. The van der Waals surface area contributed by atoms with E-state index >= 15 is 0 Å². The molecule has 0 fully saturated rings. The molecule has 1 N–H and O–H groups in total. The molecule has 1 amide bonds. The van der Waals surface area contributed by atoms with E-state index < -0.39 is 57.6 Å². The van der Waals surface area contributed by atoms with Crippen LogP contribution in [-0.4, -0.2) is 54.7 Å². The zero-order chi connectivity index (χ0) is 18.9. The highest BCUT2D eigenvalue weighted by Gasteiger charge is 2.49. The van der Waals surface area contributed by atoms with Crippen LogP contribution in [0.4, 0.5) is 18.0 Å². The number of aliphatic carboxylic acids is 1. The molecule has 0 radical (unpaired) electrons. The Labute approximate surface area is 135 Å². The van der Waals surface area contributed by atoms with Gasteiger partial charge in [0, 0.05) is 13.0 Å². The Morgan fingerprint density at radius 3 is 2.17 bits per heavy atom. The molecule has 0 spiro atoms. The first-order valence-electron chi connectivity index (χ1n) is 6.58. The Morgan fingerprint density at radius 2 is 1.75 bits per heavy atom. The third kappa shape index (κ3) is 5.01. The maximum Gasteiger partial charge on any atom is 0.534 e. The summed E-state index contributed by atoms with van der Waals surface area (Å²) in [6, 6.07) is 0.